The molecule has 0 aliphatic carbocycles. The molecule has 0 aliphatic rings. The molecule has 0 saturated heterocycles. The van der Waals surface area contributed by atoms with E-state index in [1.807, 2.05) is 49.4 Å². The summed E-state index contributed by atoms with van der Waals surface area (Å²) in [5.41, 5.74) is 8.16. The number of benzene rings is 2. The molecule has 3 rings (SSSR count). The van der Waals surface area contributed by atoms with Crippen molar-refractivity contribution < 1.29 is 4.79 Å². The van der Waals surface area contributed by atoms with Gasteiger partial charge in [0.25, 0.3) is 5.91 Å². The van der Waals surface area contributed by atoms with E-state index in [4.69, 9.17) is 5.73 Å². The molecule has 1 heterocycles. The maximum atomic E-state index is 12.3. The first-order valence-corrected chi connectivity index (χ1v) is 7.11. The summed E-state index contributed by atoms with van der Waals surface area (Å²) in [6.45, 7) is 1.93. The van der Waals surface area contributed by atoms with Crippen molar-refractivity contribution in [1.82, 2.24) is 0 Å². The number of carbonyl (C=O) groups excluding carboxylic acids is 1. The van der Waals surface area contributed by atoms with E-state index in [1.165, 1.54) is 11.3 Å². The molecular weight excluding hydrogens is 268 g/mol. The average molecular weight is 282 g/mol. The van der Waals surface area contributed by atoms with E-state index in [0.717, 1.165) is 21.3 Å². The molecule has 0 atom stereocenters. The number of nitrogens with one attached hydrogen (secondary N) is 1. The highest BCUT2D eigenvalue weighted by molar-refractivity contribution is 7.20. The predicted molar refractivity (Wildman–Crippen MR) is 85.4 cm³/mol. The van der Waals surface area contributed by atoms with Crippen LogP contribution in [-0.4, -0.2) is 5.91 Å². The molecule has 0 unspecified atom stereocenters. The lowest BCUT2D eigenvalue weighted by molar-refractivity contribution is 0.103. The summed E-state index contributed by atoms with van der Waals surface area (Å²) in [5.74, 6) is -0.0842. The van der Waals surface area contributed by atoms with E-state index in [2.05, 4.69) is 5.32 Å². The molecule has 0 saturated carbocycles. The van der Waals surface area contributed by atoms with Gasteiger partial charge in [0.2, 0.25) is 0 Å². The topological polar surface area (TPSA) is 55.1 Å². The van der Waals surface area contributed by atoms with Crippen molar-refractivity contribution in [2.24, 2.45) is 0 Å². The Morgan fingerprint density at radius 3 is 2.70 bits per heavy atom. The standard InChI is InChI=1S/C16H14N2OS/c1-10-8-12(17)6-7-13(10)18-16(19)15-9-11-4-2-3-5-14(11)20-15/h2-9H,17H2,1H3,(H,18,19). The highest BCUT2D eigenvalue weighted by Crippen LogP contribution is 2.26. The normalized spacial score (nSPS) is 10.7. The third kappa shape index (κ3) is 2.38. The van der Waals surface area contributed by atoms with E-state index in [9.17, 15) is 4.79 Å². The van der Waals surface area contributed by atoms with Crippen LogP contribution >= 0.6 is 11.3 Å². The van der Waals surface area contributed by atoms with Crippen molar-refractivity contribution >= 4 is 38.7 Å². The number of rotatable bonds is 2. The van der Waals surface area contributed by atoms with Gasteiger partial charge in [0, 0.05) is 16.1 Å². The van der Waals surface area contributed by atoms with E-state index < -0.39 is 0 Å². The number of nitrogen functional groups attached to an aromatic ring is 1. The van der Waals surface area contributed by atoms with E-state index >= 15 is 0 Å². The van der Waals surface area contributed by atoms with Crippen LogP contribution in [0, 0.1) is 6.92 Å². The highest BCUT2D eigenvalue weighted by atomic mass is 32.1. The number of hydrogen-bond acceptors (Lipinski definition) is 3. The average Bonchev–Trinajstić information content (AvgIpc) is 2.86. The molecule has 0 aliphatic heterocycles. The van der Waals surface area contributed by atoms with Gasteiger partial charge in [0.1, 0.15) is 0 Å². The summed E-state index contributed by atoms with van der Waals surface area (Å²) in [5, 5.41) is 4.02. The zero-order valence-corrected chi connectivity index (χ0v) is 11.8. The first-order valence-electron chi connectivity index (χ1n) is 6.29. The number of anilines is 2. The Balaban J connectivity index is 1.89. The Labute approximate surface area is 121 Å². The number of hydrogen-bond donors (Lipinski definition) is 2. The number of carbonyl (C=O) groups is 1. The van der Waals surface area contributed by atoms with Crippen LogP contribution in [-0.2, 0) is 0 Å². The second kappa shape index (κ2) is 4.98. The van der Waals surface area contributed by atoms with Crippen molar-refractivity contribution in [1.29, 1.82) is 0 Å². The third-order valence-electron chi connectivity index (χ3n) is 3.15. The Kier molecular flexibility index (Phi) is 3.16. The lowest BCUT2D eigenvalue weighted by Gasteiger charge is -2.07. The van der Waals surface area contributed by atoms with Gasteiger partial charge in [-0.1, -0.05) is 18.2 Å². The van der Waals surface area contributed by atoms with Crippen LogP contribution in [0.1, 0.15) is 15.2 Å². The molecule has 0 fully saturated rings. The van der Waals surface area contributed by atoms with Crippen molar-refractivity contribution in [2.45, 2.75) is 6.92 Å². The first-order chi connectivity index (χ1) is 9.63. The Morgan fingerprint density at radius 1 is 1.15 bits per heavy atom. The molecule has 3 aromatic rings. The maximum absolute atomic E-state index is 12.3. The minimum absolute atomic E-state index is 0.0842. The van der Waals surface area contributed by atoms with Crippen molar-refractivity contribution in [3.8, 4) is 0 Å². The maximum Gasteiger partial charge on any atom is 0.265 e. The monoisotopic (exact) mass is 282 g/mol. The van der Waals surface area contributed by atoms with Gasteiger partial charge in [-0.25, -0.2) is 0 Å². The van der Waals surface area contributed by atoms with Gasteiger partial charge in [0.15, 0.2) is 0 Å². The van der Waals surface area contributed by atoms with Crippen LogP contribution in [0.2, 0.25) is 0 Å². The fourth-order valence-electron chi connectivity index (χ4n) is 2.10. The summed E-state index contributed by atoms with van der Waals surface area (Å²) < 4.78 is 1.12. The summed E-state index contributed by atoms with van der Waals surface area (Å²) in [7, 11) is 0. The fraction of sp³-hybridized carbons (Fsp3) is 0.0625. The van der Waals surface area contributed by atoms with Crippen LogP contribution in [0.4, 0.5) is 11.4 Å². The van der Waals surface area contributed by atoms with E-state index in [-0.39, 0.29) is 5.91 Å². The Hall–Kier alpha value is -2.33. The zero-order chi connectivity index (χ0) is 14.1. The van der Waals surface area contributed by atoms with Crippen molar-refractivity contribution in [2.75, 3.05) is 11.1 Å². The molecule has 1 amide bonds. The largest absolute Gasteiger partial charge is 0.399 e. The van der Waals surface area contributed by atoms with Gasteiger partial charge < -0.3 is 11.1 Å². The summed E-state index contributed by atoms with van der Waals surface area (Å²) in [6, 6.07) is 15.4. The van der Waals surface area contributed by atoms with E-state index in [1.54, 1.807) is 6.07 Å². The molecule has 3 nitrogen and oxygen atoms in total. The highest BCUT2D eigenvalue weighted by Gasteiger charge is 2.11. The van der Waals surface area contributed by atoms with Crippen molar-refractivity contribution in [3.63, 3.8) is 0 Å². The molecule has 100 valence electrons. The lowest BCUT2D eigenvalue weighted by atomic mass is 10.2. The molecule has 4 heteroatoms. The molecule has 0 radical (unpaired) electrons. The molecule has 0 spiro atoms. The molecule has 3 N–H and O–H groups in total. The fourth-order valence-corrected chi connectivity index (χ4v) is 3.06. The third-order valence-corrected chi connectivity index (χ3v) is 4.26. The number of nitrogens with two attached hydrogens (primary N) is 1. The van der Waals surface area contributed by atoms with Crippen molar-refractivity contribution in [3.05, 3.63) is 59.0 Å². The van der Waals surface area contributed by atoms with Gasteiger partial charge in [-0.05, 0) is 48.2 Å². The number of aryl methyl sites for hydroxylation is 1. The first kappa shape index (κ1) is 12.7. The molecule has 2 aromatic carbocycles. The van der Waals surface area contributed by atoms with E-state index in [0.29, 0.717) is 10.6 Å². The second-order valence-corrected chi connectivity index (χ2v) is 5.76. The lowest BCUT2D eigenvalue weighted by Crippen LogP contribution is -2.11. The van der Waals surface area contributed by atoms with Crippen LogP contribution < -0.4 is 11.1 Å². The molecule has 1 aromatic heterocycles. The zero-order valence-electron chi connectivity index (χ0n) is 11.0. The van der Waals surface area contributed by atoms with Crippen LogP contribution in [0.5, 0.6) is 0 Å². The predicted octanol–water partition coefficient (Wildman–Crippen LogP) is 4.04. The molecule has 20 heavy (non-hydrogen) atoms. The molecule has 0 bridgehead atoms. The van der Waals surface area contributed by atoms with Gasteiger partial charge in [-0.2, -0.15) is 0 Å². The van der Waals surface area contributed by atoms with Gasteiger partial charge in [-0.15, -0.1) is 11.3 Å². The summed E-state index contributed by atoms with van der Waals surface area (Å²) in [4.78, 5) is 13.0. The Bertz CT molecular complexity index is 759. The van der Waals surface area contributed by atoms with Gasteiger partial charge in [-0.3, -0.25) is 4.79 Å². The minimum atomic E-state index is -0.0842. The van der Waals surface area contributed by atoms with Gasteiger partial charge in [0.05, 0.1) is 4.88 Å². The molecular formula is C16H14N2OS. The quantitative estimate of drug-likeness (QED) is 0.697. The van der Waals surface area contributed by atoms with Gasteiger partial charge >= 0.3 is 0 Å². The SMILES string of the molecule is Cc1cc(N)ccc1NC(=O)c1cc2ccccc2s1. The number of amides is 1. The second-order valence-electron chi connectivity index (χ2n) is 4.68. The smallest absolute Gasteiger partial charge is 0.265 e. The summed E-state index contributed by atoms with van der Waals surface area (Å²) >= 11 is 1.50. The Morgan fingerprint density at radius 2 is 1.95 bits per heavy atom. The van der Waals surface area contributed by atoms with Crippen LogP contribution in [0.3, 0.4) is 0 Å². The number of thiophene rings is 1. The minimum Gasteiger partial charge on any atom is -0.399 e. The van der Waals surface area contributed by atoms with Crippen LogP contribution in [0.15, 0.2) is 48.5 Å². The summed E-state index contributed by atoms with van der Waals surface area (Å²) in [6.07, 6.45) is 0. The van der Waals surface area contributed by atoms with Crippen LogP contribution in [0.25, 0.3) is 10.1 Å². The number of fused-ring (bicyclic) bond motifs is 1.